The van der Waals surface area contributed by atoms with Crippen molar-refractivity contribution in [2.45, 2.75) is 32.1 Å². The molecule has 4 heteroatoms. The minimum absolute atomic E-state index is 0.0918. The molecule has 0 saturated carbocycles. The van der Waals surface area contributed by atoms with Crippen molar-refractivity contribution in [2.24, 2.45) is 0 Å². The zero-order valence-electron chi connectivity index (χ0n) is 11.5. The minimum atomic E-state index is 0.0918. The highest BCUT2D eigenvalue weighted by Gasteiger charge is 2.10. The Morgan fingerprint density at radius 1 is 1.32 bits per heavy atom. The van der Waals surface area contributed by atoms with Gasteiger partial charge in [-0.25, -0.2) is 0 Å². The molecule has 1 aliphatic rings. The van der Waals surface area contributed by atoms with Crippen LogP contribution >= 0.6 is 0 Å². The summed E-state index contributed by atoms with van der Waals surface area (Å²) in [6.07, 6.45) is 8.83. The lowest BCUT2D eigenvalue weighted by molar-refractivity contribution is -0.120. The molecule has 104 valence electrons. The van der Waals surface area contributed by atoms with E-state index in [2.05, 4.69) is 15.2 Å². The Hall–Kier alpha value is -1.42. The summed E-state index contributed by atoms with van der Waals surface area (Å²) in [7, 11) is 0. The Morgan fingerprint density at radius 2 is 2.16 bits per heavy atom. The molecule has 0 bridgehead atoms. The Kier molecular flexibility index (Phi) is 5.82. The molecule has 2 heterocycles. The quantitative estimate of drug-likeness (QED) is 0.759. The van der Waals surface area contributed by atoms with Gasteiger partial charge in [0, 0.05) is 18.9 Å². The second-order valence-electron chi connectivity index (χ2n) is 5.14. The number of rotatable bonds is 7. The van der Waals surface area contributed by atoms with Gasteiger partial charge in [-0.2, -0.15) is 0 Å². The lowest BCUT2D eigenvalue weighted by Crippen LogP contribution is -2.27. The van der Waals surface area contributed by atoms with Crippen LogP contribution in [0, 0.1) is 0 Å². The van der Waals surface area contributed by atoms with Gasteiger partial charge in [-0.15, -0.1) is 0 Å². The van der Waals surface area contributed by atoms with Crippen LogP contribution in [-0.2, 0) is 11.2 Å². The molecule has 0 radical (unpaired) electrons. The molecule has 1 fully saturated rings. The number of nitrogens with one attached hydrogen (secondary N) is 1. The topological polar surface area (TPSA) is 45.2 Å². The van der Waals surface area contributed by atoms with Crippen LogP contribution in [0.15, 0.2) is 24.5 Å². The average molecular weight is 261 g/mol. The molecule has 1 amide bonds. The van der Waals surface area contributed by atoms with Gasteiger partial charge in [0.25, 0.3) is 0 Å². The van der Waals surface area contributed by atoms with Gasteiger partial charge in [0.05, 0.1) is 6.42 Å². The van der Waals surface area contributed by atoms with Crippen LogP contribution < -0.4 is 5.32 Å². The molecule has 1 aliphatic heterocycles. The largest absolute Gasteiger partial charge is 0.356 e. The number of hydrogen-bond donors (Lipinski definition) is 1. The number of carbonyl (C=O) groups is 1. The summed E-state index contributed by atoms with van der Waals surface area (Å²) in [5.74, 6) is 0.0918. The first-order valence-electron chi connectivity index (χ1n) is 7.22. The zero-order valence-corrected chi connectivity index (χ0v) is 11.5. The molecule has 1 saturated heterocycles. The summed E-state index contributed by atoms with van der Waals surface area (Å²) in [6.45, 7) is 4.48. The zero-order chi connectivity index (χ0) is 13.3. The van der Waals surface area contributed by atoms with Crippen LogP contribution in [0.3, 0.4) is 0 Å². The van der Waals surface area contributed by atoms with Crippen LogP contribution in [-0.4, -0.2) is 42.0 Å². The van der Waals surface area contributed by atoms with Crippen LogP contribution in [0.25, 0.3) is 0 Å². The van der Waals surface area contributed by atoms with Crippen LogP contribution in [0.5, 0.6) is 0 Å². The third-order valence-electron chi connectivity index (χ3n) is 3.51. The highest BCUT2D eigenvalue weighted by atomic mass is 16.1. The fourth-order valence-corrected chi connectivity index (χ4v) is 2.45. The second kappa shape index (κ2) is 7.89. The van der Waals surface area contributed by atoms with Crippen LogP contribution in [0.2, 0.25) is 0 Å². The molecule has 0 atom stereocenters. The van der Waals surface area contributed by atoms with Crippen molar-refractivity contribution in [3.05, 3.63) is 30.1 Å². The Bertz CT molecular complexity index is 374. The van der Waals surface area contributed by atoms with Gasteiger partial charge in [0.15, 0.2) is 0 Å². The van der Waals surface area contributed by atoms with Crippen molar-refractivity contribution in [1.29, 1.82) is 0 Å². The maximum absolute atomic E-state index is 11.7. The Labute approximate surface area is 115 Å². The van der Waals surface area contributed by atoms with Crippen molar-refractivity contribution in [3.63, 3.8) is 0 Å². The number of nitrogens with zero attached hydrogens (tertiary/aromatic N) is 2. The monoisotopic (exact) mass is 261 g/mol. The Morgan fingerprint density at radius 3 is 2.89 bits per heavy atom. The molecule has 1 N–H and O–H groups in total. The number of carbonyl (C=O) groups excluding carboxylic acids is 1. The van der Waals surface area contributed by atoms with E-state index in [4.69, 9.17) is 0 Å². The smallest absolute Gasteiger partial charge is 0.224 e. The molecule has 4 nitrogen and oxygen atoms in total. The van der Waals surface area contributed by atoms with Crippen molar-refractivity contribution in [1.82, 2.24) is 15.2 Å². The predicted octanol–water partition coefficient (Wildman–Crippen LogP) is 1.62. The number of hydrogen-bond acceptors (Lipinski definition) is 3. The molecule has 0 aromatic carbocycles. The van der Waals surface area contributed by atoms with Crippen molar-refractivity contribution >= 4 is 5.91 Å². The molecule has 0 unspecified atom stereocenters. The SMILES string of the molecule is O=C(Cc1cccnc1)NCCCCN1CCCC1. The van der Waals surface area contributed by atoms with Gasteiger partial charge >= 0.3 is 0 Å². The minimum Gasteiger partial charge on any atom is -0.356 e. The summed E-state index contributed by atoms with van der Waals surface area (Å²) in [5, 5.41) is 2.97. The molecule has 0 spiro atoms. The third-order valence-corrected chi connectivity index (χ3v) is 3.51. The maximum Gasteiger partial charge on any atom is 0.224 e. The van der Waals surface area contributed by atoms with E-state index in [0.717, 1.165) is 18.5 Å². The lowest BCUT2D eigenvalue weighted by Gasteiger charge is -2.14. The van der Waals surface area contributed by atoms with Crippen LogP contribution in [0.1, 0.15) is 31.2 Å². The summed E-state index contributed by atoms with van der Waals surface area (Å²) in [5.41, 5.74) is 0.970. The van der Waals surface area contributed by atoms with Gasteiger partial charge in [-0.1, -0.05) is 6.07 Å². The van der Waals surface area contributed by atoms with Gasteiger partial charge < -0.3 is 10.2 Å². The van der Waals surface area contributed by atoms with Gasteiger partial charge in [-0.3, -0.25) is 9.78 Å². The Balaban J connectivity index is 1.51. The first kappa shape index (κ1) is 14.0. The second-order valence-corrected chi connectivity index (χ2v) is 5.14. The summed E-state index contributed by atoms with van der Waals surface area (Å²) in [6, 6.07) is 3.79. The van der Waals surface area contributed by atoms with Gasteiger partial charge in [0.1, 0.15) is 0 Å². The molecule has 1 aromatic rings. The molecule has 2 rings (SSSR count). The van der Waals surface area contributed by atoms with Crippen molar-refractivity contribution < 1.29 is 4.79 Å². The van der Waals surface area contributed by atoms with E-state index in [0.29, 0.717) is 6.42 Å². The highest BCUT2D eigenvalue weighted by Crippen LogP contribution is 2.07. The van der Waals surface area contributed by atoms with E-state index in [1.165, 1.54) is 38.9 Å². The number of unbranched alkanes of at least 4 members (excludes halogenated alkanes) is 1. The van der Waals surface area contributed by atoms with E-state index in [1.54, 1.807) is 12.4 Å². The summed E-state index contributed by atoms with van der Waals surface area (Å²) >= 11 is 0. The van der Waals surface area contributed by atoms with E-state index in [9.17, 15) is 4.79 Å². The van der Waals surface area contributed by atoms with Crippen molar-refractivity contribution in [3.8, 4) is 0 Å². The van der Waals surface area contributed by atoms with E-state index >= 15 is 0 Å². The molecule has 1 aromatic heterocycles. The molecular formula is C15H23N3O. The van der Waals surface area contributed by atoms with Crippen LogP contribution in [0.4, 0.5) is 0 Å². The number of amides is 1. The number of aromatic nitrogens is 1. The first-order chi connectivity index (χ1) is 9.34. The molecule has 19 heavy (non-hydrogen) atoms. The fourth-order valence-electron chi connectivity index (χ4n) is 2.45. The van der Waals surface area contributed by atoms with Gasteiger partial charge in [0.2, 0.25) is 5.91 Å². The predicted molar refractivity (Wildman–Crippen MR) is 75.9 cm³/mol. The fraction of sp³-hybridized carbons (Fsp3) is 0.600. The third kappa shape index (κ3) is 5.39. The van der Waals surface area contributed by atoms with Crippen molar-refractivity contribution in [2.75, 3.05) is 26.2 Å². The number of likely N-dealkylation sites (tertiary alicyclic amines) is 1. The molecule has 0 aliphatic carbocycles. The lowest BCUT2D eigenvalue weighted by atomic mass is 10.2. The number of pyridine rings is 1. The van der Waals surface area contributed by atoms with E-state index in [1.807, 2.05) is 12.1 Å². The molecular weight excluding hydrogens is 238 g/mol. The van der Waals surface area contributed by atoms with Gasteiger partial charge in [-0.05, 0) is 56.9 Å². The highest BCUT2D eigenvalue weighted by molar-refractivity contribution is 5.78. The van der Waals surface area contributed by atoms with E-state index in [-0.39, 0.29) is 5.91 Å². The maximum atomic E-state index is 11.7. The average Bonchev–Trinajstić information content (AvgIpc) is 2.92. The van der Waals surface area contributed by atoms with E-state index < -0.39 is 0 Å². The normalized spacial score (nSPS) is 15.6. The summed E-state index contributed by atoms with van der Waals surface area (Å²) < 4.78 is 0. The standard InChI is InChI=1S/C15H23N3O/c19-15(12-14-6-5-7-16-13-14)17-8-1-2-9-18-10-3-4-11-18/h5-7,13H,1-4,8-12H2,(H,17,19). The summed E-state index contributed by atoms with van der Waals surface area (Å²) in [4.78, 5) is 18.2. The first-order valence-corrected chi connectivity index (χ1v) is 7.22.